The first-order valence-electron chi connectivity index (χ1n) is 7.65. The minimum absolute atomic E-state index is 0.0913. The Labute approximate surface area is 112 Å². The van der Waals surface area contributed by atoms with E-state index in [2.05, 4.69) is 0 Å². The van der Waals surface area contributed by atoms with Crippen molar-refractivity contribution in [2.24, 2.45) is 23.7 Å². The number of carbonyl (C=O) groups is 2. The zero-order chi connectivity index (χ0) is 13.0. The van der Waals surface area contributed by atoms with Crippen molar-refractivity contribution in [1.82, 2.24) is 0 Å². The topological polar surface area (TPSA) is 52.6 Å². The second kappa shape index (κ2) is 4.22. The van der Waals surface area contributed by atoms with Crippen LogP contribution in [0.25, 0.3) is 0 Å². The molecule has 0 aromatic heterocycles. The lowest BCUT2D eigenvalue weighted by atomic mass is 9.80. The Hall–Kier alpha value is -1.06. The molecule has 0 spiro atoms. The van der Waals surface area contributed by atoms with E-state index in [1.165, 1.54) is 6.42 Å². The number of hydrogen-bond donors (Lipinski definition) is 0. The molecule has 0 aromatic rings. The first-order chi connectivity index (χ1) is 9.24. The Kier molecular flexibility index (Phi) is 2.61. The SMILES string of the molecule is O=C(OC1CCCCC1)C1C2CC3OC(=O)C1C3C2. The van der Waals surface area contributed by atoms with Gasteiger partial charge in [-0.2, -0.15) is 0 Å². The van der Waals surface area contributed by atoms with E-state index in [0.29, 0.717) is 11.8 Å². The fourth-order valence-electron chi connectivity index (χ4n) is 4.75. The van der Waals surface area contributed by atoms with Crippen molar-refractivity contribution in [2.75, 3.05) is 0 Å². The van der Waals surface area contributed by atoms with E-state index in [9.17, 15) is 9.59 Å². The molecule has 4 aliphatic rings. The van der Waals surface area contributed by atoms with Gasteiger partial charge < -0.3 is 9.47 Å². The summed E-state index contributed by atoms with van der Waals surface area (Å²) in [5.74, 6) is -0.0655. The third kappa shape index (κ3) is 1.72. The van der Waals surface area contributed by atoms with Gasteiger partial charge in [0.2, 0.25) is 0 Å². The Balaban J connectivity index is 1.47. The average molecular weight is 264 g/mol. The molecule has 3 saturated carbocycles. The lowest BCUT2D eigenvalue weighted by Gasteiger charge is -2.27. The largest absolute Gasteiger partial charge is 0.462 e. The van der Waals surface area contributed by atoms with E-state index in [-0.39, 0.29) is 36.0 Å². The van der Waals surface area contributed by atoms with E-state index < -0.39 is 0 Å². The second-order valence-corrected chi connectivity index (χ2v) is 6.62. The minimum Gasteiger partial charge on any atom is -0.462 e. The second-order valence-electron chi connectivity index (χ2n) is 6.62. The highest BCUT2D eigenvalue weighted by molar-refractivity contribution is 5.85. The third-order valence-corrected chi connectivity index (χ3v) is 5.59. The molecule has 1 saturated heterocycles. The van der Waals surface area contributed by atoms with Gasteiger partial charge in [-0.25, -0.2) is 0 Å². The molecule has 4 nitrogen and oxygen atoms in total. The Morgan fingerprint density at radius 2 is 1.95 bits per heavy atom. The molecule has 2 bridgehead atoms. The van der Waals surface area contributed by atoms with Crippen LogP contribution in [-0.4, -0.2) is 24.1 Å². The van der Waals surface area contributed by atoms with Crippen molar-refractivity contribution in [1.29, 1.82) is 0 Å². The van der Waals surface area contributed by atoms with Gasteiger partial charge in [0.15, 0.2) is 0 Å². The van der Waals surface area contributed by atoms with Crippen molar-refractivity contribution < 1.29 is 19.1 Å². The molecule has 0 aromatic carbocycles. The Morgan fingerprint density at radius 3 is 2.74 bits per heavy atom. The van der Waals surface area contributed by atoms with Crippen molar-refractivity contribution in [3.05, 3.63) is 0 Å². The van der Waals surface area contributed by atoms with E-state index in [1.54, 1.807) is 0 Å². The van der Waals surface area contributed by atoms with E-state index >= 15 is 0 Å². The molecular weight excluding hydrogens is 244 g/mol. The van der Waals surface area contributed by atoms with Crippen molar-refractivity contribution in [2.45, 2.75) is 57.2 Å². The van der Waals surface area contributed by atoms with Gasteiger partial charge in [-0.1, -0.05) is 6.42 Å². The van der Waals surface area contributed by atoms with Crippen LogP contribution in [0.5, 0.6) is 0 Å². The monoisotopic (exact) mass is 264 g/mol. The normalized spacial score (nSPS) is 44.4. The molecule has 0 radical (unpaired) electrons. The fourth-order valence-corrected chi connectivity index (χ4v) is 4.75. The maximum Gasteiger partial charge on any atom is 0.310 e. The average Bonchev–Trinajstić information content (AvgIpc) is 3.00. The quantitative estimate of drug-likeness (QED) is 0.716. The summed E-state index contributed by atoms with van der Waals surface area (Å²) >= 11 is 0. The van der Waals surface area contributed by atoms with Crippen LogP contribution in [-0.2, 0) is 19.1 Å². The lowest BCUT2D eigenvalue weighted by Crippen LogP contribution is -2.35. The highest BCUT2D eigenvalue weighted by Crippen LogP contribution is 2.58. The van der Waals surface area contributed by atoms with Crippen molar-refractivity contribution >= 4 is 11.9 Å². The summed E-state index contributed by atoms with van der Waals surface area (Å²) in [5, 5.41) is 0. The van der Waals surface area contributed by atoms with Crippen LogP contribution in [0, 0.1) is 23.7 Å². The first-order valence-corrected chi connectivity index (χ1v) is 7.65. The standard InChI is InChI=1S/C15H20O4/c16-14(18-9-4-2-1-3-5-9)12-8-6-10-11(7-8)19-15(17)13(10)12/h8-13H,1-7H2. The molecule has 104 valence electrons. The predicted molar refractivity (Wildman–Crippen MR) is 66.0 cm³/mol. The Bertz CT molecular complexity index is 410. The molecular formula is C15H20O4. The number of carbonyl (C=O) groups excluding carboxylic acids is 2. The van der Waals surface area contributed by atoms with Crippen LogP contribution in [0.2, 0.25) is 0 Å². The summed E-state index contributed by atoms with van der Waals surface area (Å²) in [6.07, 6.45) is 7.58. The molecule has 4 heteroatoms. The number of hydrogen-bond acceptors (Lipinski definition) is 4. The zero-order valence-corrected chi connectivity index (χ0v) is 11.0. The molecule has 4 fully saturated rings. The van der Waals surface area contributed by atoms with Crippen LogP contribution in [0.15, 0.2) is 0 Å². The summed E-state index contributed by atoms with van der Waals surface area (Å²) < 4.78 is 11.0. The van der Waals surface area contributed by atoms with Crippen LogP contribution in [0.4, 0.5) is 0 Å². The van der Waals surface area contributed by atoms with E-state index in [1.807, 2.05) is 0 Å². The first kappa shape index (κ1) is 11.7. The number of ether oxygens (including phenoxy) is 2. The van der Waals surface area contributed by atoms with Crippen LogP contribution in [0.1, 0.15) is 44.9 Å². The van der Waals surface area contributed by atoms with Gasteiger partial charge in [-0.15, -0.1) is 0 Å². The van der Waals surface area contributed by atoms with Gasteiger partial charge in [0.1, 0.15) is 12.2 Å². The lowest BCUT2D eigenvalue weighted by molar-refractivity contribution is -0.161. The molecule has 5 unspecified atom stereocenters. The van der Waals surface area contributed by atoms with E-state index in [4.69, 9.17) is 9.47 Å². The summed E-state index contributed by atoms with van der Waals surface area (Å²) in [6.45, 7) is 0. The molecule has 1 aliphatic heterocycles. The number of rotatable bonds is 2. The molecule has 3 aliphatic carbocycles. The Morgan fingerprint density at radius 1 is 1.16 bits per heavy atom. The fraction of sp³-hybridized carbons (Fsp3) is 0.867. The minimum atomic E-state index is -0.210. The van der Waals surface area contributed by atoms with Gasteiger partial charge >= 0.3 is 11.9 Å². The maximum atomic E-state index is 12.4. The van der Waals surface area contributed by atoms with Crippen LogP contribution >= 0.6 is 0 Å². The van der Waals surface area contributed by atoms with Gasteiger partial charge in [-0.3, -0.25) is 9.59 Å². The molecule has 4 rings (SSSR count). The van der Waals surface area contributed by atoms with Gasteiger partial charge in [0.05, 0.1) is 11.8 Å². The summed E-state index contributed by atoms with van der Waals surface area (Å²) in [5.41, 5.74) is 0. The maximum absolute atomic E-state index is 12.4. The summed E-state index contributed by atoms with van der Waals surface area (Å²) in [6, 6.07) is 0. The predicted octanol–water partition coefficient (Wildman–Crippen LogP) is 2.06. The molecule has 5 atom stereocenters. The van der Waals surface area contributed by atoms with Gasteiger partial charge in [-0.05, 0) is 44.4 Å². The van der Waals surface area contributed by atoms with Gasteiger partial charge in [0.25, 0.3) is 0 Å². The van der Waals surface area contributed by atoms with E-state index in [0.717, 1.165) is 38.5 Å². The van der Waals surface area contributed by atoms with Crippen molar-refractivity contribution in [3.63, 3.8) is 0 Å². The summed E-state index contributed by atoms with van der Waals surface area (Å²) in [4.78, 5) is 24.3. The zero-order valence-electron chi connectivity index (χ0n) is 11.0. The number of esters is 2. The summed E-state index contributed by atoms with van der Waals surface area (Å²) in [7, 11) is 0. The van der Waals surface area contributed by atoms with Crippen LogP contribution in [0.3, 0.4) is 0 Å². The molecule has 0 amide bonds. The number of fused-ring (bicyclic) bond motifs is 1. The molecule has 19 heavy (non-hydrogen) atoms. The molecule has 1 heterocycles. The highest BCUT2D eigenvalue weighted by atomic mass is 16.6. The highest BCUT2D eigenvalue weighted by Gasteiger charge is 2.64. The van der Waals surface area contributed by atoms with Crippen LogP contribution < -0.4 is 0 Å². The third-order valence-electron chi connectivity index (χ3n) is 5.59. The smallest absolute Gasteiger partial charge is 0.310 e. The molecule has 0 N–H and O–H groups in total. The van der Waals surface area contributed by atoms with Gasteiger partial charge in [0, 0.05) is 5.92 Å². The van der Waals surface area contributed by atoms with Crippen molar-refractivity contribution in [3.8, 4) is 0 Å².